The van der Waals surface area contributed by atoms with E-state index < -0.39 is 0 Å². The molecule has 0 amide bonds. The molecule has 1 saturated heterocycles. The highest BCUT2D eigenvalue weighted by Crippen LogP contribution is 2.32. The van der Waals surface area contributed by atoms with E-state index in [9.17, 15) is 0 Å². The fourth-order valence-corrected chi connectivity index (χ4v) is 3.25. The molecule has 1 aliphatic carbocycles. The highest BCUT2D eigenvalue weighted by molar-refractivity contribution is 4.81. The molecule has 2 heteroatoms. The number of piperidine rings is 1. The zero-order valence-corrected chi connectivity index (χ0v) is 10.1. The first-order valence-corrected chi connectivity index (χ1v) is 6.70. The molecule has 0 aromatic rings. The summed E-state index contributed by atoms with van der Waals surface area (Å²) in [6.45, 7) is 2.60. The number of hydrogen-bond acceptors (Lipinski definition) is 2. The lowest BCUT2D eigenvalue weighted by Gasteiger charge is -2.35. The van der Waals surface area contributed by atoms with Crippen molar-refractivity contribution in [1.82, 2.24) is 4.90 Å². The quantitative estimate of drug-likeness (QED) is 0.757. The Bertz CT molecular complexity index is 185. The Balaban J connectivity index is 1.75. The Morgan fingerprint density at radius 3 is 2.40 bits per heavy atom. The maximum absolute atomic E-state index is 6.21. The third-order valence-electron chi connectivity index (χ3n) is 4.44. The van der Waals surface area contributed by atoms with Crippen molar-refractivity contribution >= 4 is 0 Å². The summed E-state index contributed by atoms with van der Waals surface area (Å²) in [6, 6.07) is 0.512. The van der Waals surface area contributed by atoms with E-state index in [0.29, 0.717) is 6.04 Å². The fraction of sp³-hybridized carbons (Fsp3) is 1.00. The highest BCUT2D eigenvalue weighted by Gasteiger charge is 2.26. The van der Waals surface area contributed by atoms with Gasteiger partial charge in [-0.25, -0.2) is 0 Å². The Hall–Kier alpha value is -0.0800. The molecule has 2 N–H and O–H groups in total. The molecule has 1 heterocycles. The second kappa shape index (κ2) is 5.31. The van der Waals surface area contributed by atoms with Crippen LogP contribution < -0.4 is 5.73 Å². The van der Waals surface area contributed by atoms with Crippen LogP contribution in [-0.4, -0.2) is 31.1 Å². The summed E-state index contributed by atoms with van der Waals surface area (Å²) in [5, 5.41) is 0. The maximum Gasteiger partial charge on any atom is 0.00672 e. The first-order valence-electron chi connectivity index (χ1n) is 6.70. The molecule has 2 nitrogen and oxygen atoms in total. The Labute approximate surface area is 94.2 Å². The predicted molar refractivity (Wildman–Crippen MR) is 64.8 cm³/mol. The summed E-state index contributed by atoms with van der Waals surface area (Å²) >= 11 is 0. The Kier molecular flexibility index (Phi) is 4.04. The van der Waals surface area contributed by atoms with Crippen molar-refractivity contribution in [2.24, 2.45) is 17.6 Å². The second-order valence-electron chi connectivity index (χ2n) is 5.69. The fourth-order valence-electron chi connectivity index (χ4n) is 3.25. The van der Waals surface area contributed by atoms with Crippen LogP contribution in [0.1, 0.15) is 44.9 Å². The van der Waals surface area contributed by atoms with E-state index in [0.717, 1.165) is 11.8 Å². The molecule has 2 unspecified atom stereocenters. The molecule has 0 radical (unpaired) electrons. The lowest BCUT2D eigenvalue weighted by molar-refractivity contribution is 0.172. The molecular formula is C13H26N2. The van der Waals surface area contributed by atoms with Gasteiger partial charge in [0.25, 0.3) is 0 Å². The van der Waals surface area contributed by atoms with Crippen LogP contribution in [0.4, 0.5) is 0 Å². The van der Waals surface area contributed by atoms with Gasteiger partial charge in [-0.3, -0.25) is 0 Å². The smallest absolute Gasteiger partial charge is 0.00672 e. The average molecular weight is 210 g/mol. The third kappa shape index (κ3) is 3.18. The second-order valence-corrected chi connectivity index (χ2v) is 5.69. The Morgan fingerprint density at radius 2 is 1.73 bits per heavy atom. The van der Waals surface area contributed by atoms with Crippen LogP contribution in [-0.2, 0) is 0 Å². The minimum atomic E-state index is 0.512. The summed E-state index contributed by atoms with van der Waals surface area (Å²) < 4.78 is 0. The van der Waals surface area contributed by atoms with Crippen LogP contribution in [0.15, 0.2) is 0 Å². The van der Waals surface area contributed by atoms with Crippen LogP contribution in [0.25, 0.3) is 0 Å². The molecule has 2 aliphatic rings. The van der Waals surface area contributed by atoms with Gasteiger partial charge in [0.15, 0.2) is 0 Å². The largest absolute Gasteiger partial charge is 0.327 e. The minimum Gasteiger partial charge on any atom is -0.327 e. The SMILES string of the molecule is CN1CCC(CC2CCCCC2N)CC1. The maximum atomic E-state index is 6.21. The normalized spacial score (nSPS) is 35.6. The van der Waals surface area contributed by atoms with Gasteiger partial charge in [0.1, 0.15) is 0 Å². The van der Waals surface area contributed by atoms with Crippen molar-refractivity contribution in [2.45, 2.75) is 51.0 Å². The lowest BCUT2D eigenvalue weighted by Crippen LogP contribution is -2.37. The summed E-state index contributed by atoms with van der Waals surface area (Å²) in [4.78, 5) is 2.46. The Morgan fingerprint density at radius 1 is 1.07 bits per heavy atom. The highest BCUT2D eigenvalue weighted by atomic mass is 15.1. The van der Waals surface area contributed by atoms with Crippen molar-refractivity contribution in [3.8, 4) is 0 Å². The average Bonchev–Trinajstić information content (AvgIpc) is 2.25. The summed E-state index contributed by atoms with van der Waals surface area (Å²) in [7, 11) is 2.24. The number of likely N-dealkylation sites (tertiary alicyclic amines) is 1. The number of rotatable bonds is 2. The molecule has 2 fully saturated rings. The molecule has 88 valence electrons. The van der Waals surface area contributed by atoms with Crippen LogP contribution in [0, 0.1) is 11.8 Å². The number of nitrogens with zero attached hydrogens (tertiary/aromatic N) is 1. The molecule has 0 bridgehead atoms. The van der Waals surface area contributed by atoms with Gasteiger partial charge in [0.2, 0.25) is 0 Å². The lowest BCUT2D eigenvalue weighted by atomic mass is 9.77. The van der Waals surface area contributed by atoms with Gasteiger partial charge >= 0.3 is 0 Å². The van der Waals surface area contributed by atoms with E-state index >= 15 is 0 Å². The van der Waals surface area contributed by atoms with E-state index in [1.54, 1.807) is 0 Å². The topological polar surface area (TPSA) is 29.3 Å². The van der Waals surface area contributed by atoms with Crippen molar-refractivity contribution in [3.05, 3.63) is 0 Å². The van der Waals surface area contributed by atoms with E-state index in [1.807, 2.05) is 0 Å². The summed E-state index contributed by atoms with van der Waals surface area (Å²) in [6.07, 6.45) is 9.68. The molecule has 15 heavy (non-hydrogen) atoms. The molecule has 2 rings (SSSR count). The van der Waals surface area contributed by atoms with Gasteiger partial charge in [-0.2, -0.15) is 0 Å². The van der Waals surface area contributed by atoms with Gasteiger partial charge in [0.05, 0.1) is 0 Å². The van der Waals surface area contributed by atoms with Crippen molar-refractivity contribution in [1.29, 1.82) is 0 Å². The molecule has 0 aromatic carbocycles. The van der Waals surface area contributed by atoms with Gasteiger partial charge in [0, 0.05) is 6.04 Å². The third-order valence-corrected chi connectivity index (χ3v) is 4.44. The van der Waals surface area contributed by atoms with Crippen LogP contribution >= 0.6 is 0 Å². The molecular weight excluding hydrogens is 184 g/mol. The minimum absolute atomic E-state index is 0.512. The zero-order valence-electron chi connectivity index (χ0n) is 10.1. The van der Waals surface area contributed by atoms with Gasteiger partial charge in [-0.1, -0.05) is 12.8 Å². The van der Waals surface area contributed by atoms with Gasteiger partial charge < -0.3 is 10.6 Å². The monoisotopic (exact) mass is 210 g/mol. The van der Waals surface area contributed by atoms with E-state index in [2.05, 4.69) is 11.9 Å². The number of hydrogen-bond donors (Lipinski definition) is 1. The number of nitrogens with two attached hydrogens (primary N) is 1. The van der Waals surface area contributed by atoms with Crippen LogP contribution in [0.5, 0.6) is 0 Å². The van der Waals surface area contributed by atoms with E-state index in [4.69, 9.17) is 5.73 Å². The zero-order chi connectivity index (χ0) is 10.7. The van der Waals surface area contributed by atoms with Gasteiger partial charge in [-0.05, 0) is 64.1 Å². The molecule has 0 spiro atoms. The summed E-state index contributed by atoms with van der Waals surface area (Å²) in [5.74, 6) is 1.81. The standard InChI is InChI=1S/C13H26N2/c1-15-8-6-11(7-9-15)10-12-4-2-3-5-13(12)14/h11-13H,2-10,14H2,1H3. The van der Waals surface area contributed by atoms with Crippen molar-refractivity contribution in [2.75, 3.05) is 20.1 Å². The summed E-state index contributed by atoms with van der Waals surface area (Å²) in [5.41, 5.74) is 6.21. The van der Waals surface area contributed by atoms with Gasteiger partial charge in [-0.15, -0.1) is 0 Å². The van der Waals surface area contributed by atoms with Crippen molar-refractivity contribution in [3.63, 3.8) is 0 Å². The molecule has 0 aromatic heterocycles. The molecule has 1 saturated carbocycles. The van der Waals surface area contributed by atoms with E-state index in [-0.39, 0.29) is 0 Å². The predicted octanol–water partition coefficient (Wildman–Crippen LogP) is 2.24. The van der Waals surface area contributed by atoms with Crippen LogP contribution in [0.2, 0.25) is 0 Å². The van der Waals surface area contributed by atoms with Crippen molar-refractivity contribution < 1.29 is 0 Å². The molecule has 2 atom stereocenters. The first kappa shape index (κ1) is 11.4. The first-order chi connectivity index (χ1) is 7.25. The van der Waals surface area contributed by atoms with Crippen LogP contribution in [0.3, 0.4) is 0 Å². The van der Waals surface area contributed by atoms with E-state index in [1.165, 1.54) is 58.0 Å². The molecule has 1 aliphatic heterocycles.